The average Bonchev–Trinajstić information content (AvgIpc) is 2.40. The van der Waals surface area contributed by atoms with Crippen LogP contribution < -0.4 is 11.5 Å². The van der Waals surface area contributed by atoms with Gasteiger partial charge in [-0.05, 0) is 31.4 Å². The summed E-state index contributed by atoms with van der Waals surface area (Å²) in [5, 5.41) is 27.5. The van der Waals surface area contributed by atoms with E-state index in [0.717, 1.165) is 0 Å². The fraction of sp³-hybridized carbons (Fsp3) is 0.385. The topological polar surface area (TPSA) is 147 Å². The van der Waals surface area contributed by atoms with Crippen molar-refractivity contribution < 1.29 is 24.9 Å². The normalized spacial score (nSPS) is 13.7. The van der Waals surface area contributed by atoms with Crippen LogP contribution in [0.3, 0.4) is 0 Å². The van der Waals surface area contributed by atoms with Crippen LogP contribution in [0.1, 0.15) is 29.6 Å². The molecule has 0 radical (unpaired) electrons. The largest absolute Gasteiger partial charge is 0.504 e. The highest BCUT2D eigenvalue weighted by atomic mass is 16.4. The number of para-hydroxylation sites is 1. The number of nitrogens with two attached hydrogens (primary N) is 2. The molecule has 0 heterocycles. The van der Waals surface area contributed by atoms with Crippen molar-refractivity contribution in [2.45, 2.75) is 31.3 Å². The van der Waals surface area contributed by atoms with Gasteiger partial charge >= 0.3 is 5.97 Å². The zero-order valence-corrected chi connectivity index (χ0v) is 10.8. The Balaban J connectivity index is 2.59. The van der Waals surface area contributed by atoms with E-state index in [2.05, 4.69) is 0 Å². The number of rotatable bonds is 7. The number of carbonyl (C=O) groups is 2. The van der Waals surface area contributed by atoms with E-state index >= 15 is 0 Å². The summed E-state index contributed by atoms with van der Waals surface area (Å²) in [6.07, 6.45) is 0.831. The maximum absolute atomic E-state index is 12.0. The van der Waals surface area contributed by atoms with Crippen molar-refractivity contribution in [1.29, 1.82) is 0 Å². The number of benzene rings is 1. The van der Waals surface area contributed by atoms with Crippen LogP contribution in [-0.2, 0) is 4.79 Å². The molecule has 7 nitrogen and oxygen atoms in total. The third kappa shape index (κ3) is 3.94. The molecule has 7 heteroatoms. The Morgan fingerprint density at radius 1 is 1.10 bits per heavy atom. The second kappa shape index (κ2) is 6.88. The fourth-order valence-corrected chi connectivity index (χ4v) is 1.74. The molecule has 1 rings (SSSR count). The van der Waals surface area contributed by atoms with E-state index < -0.39 is 35.3 Å². The van der Waals surface area contributed by atoms with Crippen LogP contribution in [0.2, 0.25) is 0 Å². The highest BCUT2D eigenvalue weighted by Gasteiger charge is 2.21. The minimum atomic E-state index is -1.10. The maximum atomic E-state index is 12.0. The number of aliphatic carboxylic acids is 1. The number of hydrogen-bond acceptors (Lipinski definition) is 6. The molecule has 0 aliphatic heterocycles. The number of ketones is 1. The van der Waals surface area contributed by atoms with Crippen molar-refractivity contribution in [2.24, 2.45) is 11.5 Å². The van der Waals surface area contributed by atoms with Crippen LogP contribution in [0.25, 0.3) is 0 Å². The van der Waals surface area contributed by atoms with Crippen molar-refractivity contribution in [3.8, 4) is 11.5 Å². The summed E-state index contributed by atoms with van der Waals surface area (Å²) >= 11 is 0. The van der Waals surface area contributed by atoms with E-state index in [1.807, 2.05) is 0 Å². The standard InChI is InChI=1S/C13H18N2O5/c14-8(4-2-5-9(15)13(19)20)11(17)7-3-1-6-10(16)12(7)18/h1,3,6,8-9,16,18H,2,4-5,14-15H2,(H,19,20)/t8?,9-/m0/s1. The molecule has 2 atom stereocenters. The van der Waals surface area contributed by atoms with Gasteiger partial charge in [0.05, 0.1) is 11.6 Å². The van der Waals surface area contributed by atoms with Gasteiger partial charge in [0, 0.05) is 0 Å². The smallest absolute Gasteiger partial charge is 0.320 e. The summed E-state index contributed by atoms with van der Waals surface area (Å²) < 4.78 is 0. The highest BCUT2D eigenvalue weighted by Crippen LogP contribution is 2.29. The SMILES string of the molecule is NC(CCC[C@H](N)C(=O)O)C(=O)c1cccc(O)c1O. The Bertz CT molecular complexity index is 504. The number of Topliss-reactive ketones (excluding diaryl/α,β-unsaturated/α-hetero) is 1. The zero-order valence-electron chi connectivity index (χ0n) is 10.8. The lowest BCUT2D eigenvalue weighted by Gasteiger charge is -2.13. The predicted molar refractivity (Wildman–Crippen MR) is 71.5 cm³/mol. The lowest BCUT2D eigenvalue weighted by Crippen LogP contribution is -2.33. The van der Waals surface area contributed by atoms with E-state index in [1.54, 1.807) is 0 Å². The number of carbonyl (C=O) groups excluding carboxylic acids is 1. The first-order valence-corrected chi connectivity index (χ1v) is 6.13. The summed E-state index contributed by atoms with van der Waals surface area (Å²) in [4.78, 5) is 22.5. The molecular weight excluding hydrogens is 264 g/mol. The van der Waals surface area contributed by atoms with Crippen LogP contribution in [0.4, 0.5) is 0 Å². The van der Waals surface area contributed by atoms with E-state index in [1.165, 1.54) is 18.2 Å². The molecule has 0 aliphatic rings. The van der Waals surface area contributed by atoms with Gasteiger partial charge in [0.15, 0.2) is 17.3 Å². The van der Waals surface area contributed by atoms with Crippen molar-refractivity contribution >= 4 is 11.8 Å². The molecule has 0 fully saturated rings. The second-order valence-electron chi connectivity index (χ2n) is 4.52. The Hall–Kier alpha value is -2.12. The van der Waals surface area contributed by atoms with Crippen LogP contribution in [0.15, 0.2) is 18.2 Å². The monoisotopic (exact) mass is 282 g/mol. The number of carboxylic acid groups (broad SMARTS) is 1. The average molecular weight is 282 g/mol. The Kier molecular flexibility index (Phi) is 5.48. The number of phenols is 2. The van der Waals surface area contributed by atoms with Crippen LogP contribution >= 0.6 is 0 Å². The number of aromatic hydroxyl groups is 2. The molecule has 1 aromatic rings. The van der Waals surface area contributed by atoms with Gasteiger partial charge < -0.3 is 26.8 Å². The van der Waals surface area contributed by atoms with Gasteiger partial charge in [-0.15, -0.1) is 0 Å². The molecule has 20 heavy (non-hydrogen) atoms. The summed E-state index contributed by atoms with van der Waals surface area (Å²) in [5.41, 5.74) is 11.0. The second-order valence-corrected chi connectivity index (χ2v) is 4.52. The summed E-state index contributed by atoms with van der Waals surface area (Å²) in [5.74, 6) is -2.51. The molecule has 0 aromatic heterocycles. The van der Waals surface area contributed by atoms with Gasteiger partial charge in [-0.2, -0.15) is 0 Å². The molecule has 1 aromatic carbocycles. The van der Waals surface area contributed by atoms with E-state index in [-0.39, 0.29) is 18.4 Å². The molecule has 0 spiro atoms. The van der Waals surface area contributed by atoms with Crippen molar-refractivity contribution in [3.05, 3.63) is 23.8 Å². The van der Waals surface area contributed by atoms with Gasteiger partial charge in [0.1, 0.15) is 6.04 Å². The Morgan fingerprint density at radius 2 is 1.70 bits per heavy atom. The lowest BCUT2D eigenvalue weighted by molar-refractivity contribution is -0.138. The van der Waals surface area contributed by atoms with Crippen molar-refractivity contribution in [2.75, 3.05) is 0 Å². The first kappa shape index (κ1) is 15.9. The predicted octanol–water partition coefficient (Wildman–Crippen LogP) is 0.190. The molecule has 0 saturated carbocycles. The van der Waals surface area contributed by atoms with E-state index in [0.29, 0.717) is 6.42 Å². The van der Waals surface area contributed by atoms with Crippen molar-refractivity contribution in [3.63, 3.8) is 0 Å². The summed E-state index contributed by atoms with van der Waals surface area (Å²) in [6, 6.07) is 2.18. The molecule has 0 aliphatic carbocycles. The van der Waals surface area contributed by atoms with Crippen LogP contribution in [0.5, 0.6) is 11.5 Å². The van der Waals surface area contributed by atoms with Gasteiger partial charge in [0.25, 0.3) is 0 Å². The van der Waals surface area contributed by atoms with Gasteiger partial charge in [-0.3, -0.25) is 9.59 Å². The van der Waals surface area contributed by atoms with E-state index in [9.17, 15) is 19.8 Å². The Morgan fingerprint density at radius 3 is 2.30 bits per heavy atom. The zero-order chi connectivity index (χ0) is 15.3. The fourth-order valence-electron chi connectivity index (χ4n) is 1.74. The molecular formula is C13H18N2O5. The maximum Gasteiger partial charge on any atom is 0.320 e. The van der Waals surface area contributed by atoms with Gasteiger partial charge in [0.2, 0.25) is 0 Å². The van der Waals surface area contributed by atoms with Crippen LogP contribution in [0, 0.1) is 0 Å². The lowest BCUT2D eigenvalue weighted by atomic mass is 9.98. The minimum absolute atomic E-state index is 0.0555. The number of phenolic OH excluding ortho intramolecular Hbond substituents is 2. The summed E-state index contributed by atoms with van der Waals surface area (Å²) in [6.45, 7) is 0. The van der Waals surface area contributed by atoms with Gasteiger partial charge in [-0.1, -0.05) is 6.07 Å². The van der Waals surface area contributed by atoms with Gasteiger partial charge in [-0.25, -0.2) is 0 Å². The molecule has 110 valence electrons. The number of carboxylic acids is 1. The molecule has 7 N–H and O–H groups in total. The van der Waals surface area contributed by atoms with Crippen molar-refractivity contribution in [1.82, 2.24) is 0 Å². The first-order valence-electron chi connectivity index (χ1n) is 6.13. The third-order valence-corrected chi connectivity index (χ3v) is 2.96. The first-order chi connectivity index (χ1) is 9.34. The van der Waals surface area contributed by atoms with Crippen LogP contribution in [-0.4, -0.2) is 39.2 Å². The van der Waals surface area contributed by atoms with E-state index in [4.69, 9.17) is 16.6 Å². The molecule has 0 amide bonds. The highest BCUT2D eigenvalue weighted by molar-refractivity contribution is 6.02. The quantitative estimate of drug-likeness (QED) is 0.354. The molecule has 1 unspecified atom stereocenters. The minimum Gasteiger partial charge on any atom is -0.504 e. The number of hydrogen-bond donors (Lipinski definition) is 5. The summed E-state index contributed by atoms with van der Waals surface area (Å²) in [7, 11) is 0. The molecule has 0 bridgehead atoms. The third-order valence-electron chi connectivity index (χ3n) is 2.96. The molecule has 0 saturated heterocycles. The Labute approximate surface area is 115 Å².